The topological polar surface area (TPSA) is 238 Å². The van der Waals surface area contributed by atoms with Gasteiger partial charge in [-0.3, -0.25) is 38.4 Å². The summed E-state index contributed by atoms with van der Waals surface area (Å²) in [6.45, 7) is 12.4. The summed E-state index contributed by atoms with van der Waals surface area (Å²) in [4.78, 5) is 90.9. The molecule has 10 atom stereocenters. The number of rotatable bonds is 13. The van der Waals surface area contributed by atoms with Gasteiger partial charge in [-0.25, -0.2) is 0 Å². The Kier molecular flexibility index (Phi) is 19.3. The average Bonchev–Trinajstić information content (AvgIpc) is 2.99. The molecule has 19 nitrogen and oxygen atoms in total. The molecule has 2 aliphatic rings. The molecule has 20 heteroatoms. The van der Waals surface area contributed by atoms with Crippen molar-refractivity contribution >= 4 is 63.7 Å². The number of halogens is 1. The molecule has 0 spiro atoms. The monoisotopic (exact) mass is 798 g/mol. The minimum atomic E-state index is -1.24. The zero-order chi connectivity index (χ0) is 39.0. The number of alkyl halides is 1. The molecule has 0 bridgehead atoms. The highest BCUT2D eigenvalue weighted by molar-refractivity contribution is 9.09. The molecular formula is C31H43BrO19. The fraction of sp³-hybridized carbons (Fsp3) is 0.677. The summed E-state index contributed by atoms with van der Waals surface area (Å²) < 4.78 is 57.7. The van der Waals surface area contributed by atoms with Crippen molar-refractivity contribution in [2.24, 2.45) is 0 Å². The maximum atomic E-state index is 11.6. The van der Waals surface area contributed by atoms with Crippen molar-refractivity contribution in [1.82, 2.24) is 0 Å². The molecule has 51 heavy (non-hydrogen) atoms. The van der Waals surface area contributed by atoms with E-state index in [0.717, 1.165) is 34.6 Å². The van der Waals surface area contributed by atoms with Gasteiger partial charge in [-0.2, -0.15) is 0 Å². The molecule has 0 aromatic heterocycles. The molecule has 288 valence electrons. The zero-order valence-corrected chi connectivity index (χ0v) is 30.9. The Morgan fingerprint density at radius 3 is 1.22 bits per heavy atom. The Balaban J connectivity index is 0.000000514. The molecule has 0 N–H and O–H groups in total. The van der Waals surface area contributed by atoms with Gasteiger partial charge >= 0.3 is 47.8 Å². The Morgan fingerprint density at radius 1 is 0.510 bits per heavy atom. The summed E-state index contributed by atoms with van der Waals surface area (Å²) >= 11 is 3.18. The standard InChI is InChI=1S/C17H24O10.C14H19BrO9/c1-6-7-22-17-16(26-12(5)21)15(25-11(4)20)14(24-10(3)19)13(27-17)8-23-9(2)18;1-6(16)20-5-10-11(21-7(2)17)12(22-8(3)18)13(14(15)24-10)23-9(4)19/h6,13-17H,1,7-8H2,2-5H3;10-14H,5H2,1-4H3. The summed E-state index contributed by atoms with van der Waals surface area (Å²) in [5, 5.41) is -0.863. The maximum absolute atomic E-state index is 11.6. The van der Waals surface area contributed by atoms with Crippen molar-refractivity contribution < 1.29 is 90.5 Å². The van der Waals surface area contributed by atoms with E-state index in [9.17, 15) is 38.4 Å². The first kappa shape index (κ1) is 44.9. The van der Waals surface area contributed by atoms with Gasteiger partial charge in [-0.1, -0.05) is 22.0 Å². The third kappa shape index (κ3) is 16.2. The fourth-order valence-electron chi connectivity index (χ4n) is 4.66. The Hall–Kier alpha value is -4.14. The Labute approximate surface area is 301 Å². The van der Waals surface area contributed by atoms with Crippen LogP contribution >= 0.6 is 15.9 Å². The number of carbonyl (C=O) groups excluding carboxylic acids is 8. The molecule has 2 aliphatic heterocycles. The molecular weight excluding hydrogens is 756 g/mol. The van der Waals surface area contributed by atoms with Crippen LogP contribution in [0.1, 0.15) is 55.4 Å². The van der Waals surface area contributed by atoms with Gasteiger partial charge in [0, 0.05) is 55.4 Å². The normalized spacial score (nSPS) is 28.2. The molecule has 2 saturated heterocycles. The van der Waals surface area contributed by atoms with Crippen LogP contribution in [0.5, 0.6) is 0 Å². The van der Waals surface area contributed by atoms with E-state index >= 15 is 0 Å². The molecule has 0 aliphatic carbocycles. The van der Waals surface area contributed by atoms with Gasteiger partial charge in [0.1, 0.15) is 25.4 Å². The van der Waals surface area contributed by atoms with E-state index < -0.39 is 108 Å². The van der Waals surface area contributed by atoms with Gasteiger partial charge in [0.25, 0.3) is 0 Å². The third-order valence-electron chi connectivity index (χ3n) is 6.26. The summed E-state index contributed by atoms with van der Waals surface area (Å²) in [5.41, 5.74) is 0. The number of esters is 8. The molecule has 0 radical (unpaired) electrons. The van der Waals surface area contributed by atoms with E-state index in [1.165, 1.54) is 26.8 Å². The van der Waals surface area contributed by atoms with E-state index in [2.05, 4.69) is 22.5 Å². The van der Waals surface area contributed by atoms with Crippen molar-refractivity contribution in [3.63, 3.8) is 0 Å². The van der Waals surface area contributed by atoms with Crippen molar-refractivity contribution in [3.8, 4) is 0 Å². The van der Waals surface area contributed by atoms with E-state index in [1.54, 1.807) is 0 Å². The van der Waals surface area contributed by atoms with Crippen molar-refractivity contribution in [2.75, 3.05) is 19.8 Å². The first-order chi connectivity index (χ1) is 23.8. The smallest absolute Gasteiger partial charge is 0.303 e. The number of carbonyl (C=O) groups is 8. The first-order valence-electron chi connectivity index (χ1n) is 15.2. The van der Waals surface area contributed by atoms with E-state index in [1.807, 2.05) is 0 Å². The second-order valence-corrected chi connectivity index (χ2v) is 11.6. The van der Waals surface area contributed by atoms with Gasteiger partial charge in [-0.05, 0) is 0 Å². The summed E-state index contributed by atoms with van der Waals surface area (Å²) in [7, 11) is 0. The van der Waals surface area contributed by atoms with Crippen molar-refractivity contribution in [2.45, 2.75) is 116 Å². The van der Waals surface area contributed by atoms with Crippen LogP contribution < -0.4 is 0 Å². The Bertz CT molecular complexity index is 1270. The molecule has 2 fully saturated rings. The highest BCUT2D eigenvalue weighted by Crippen LogP contribution is 2.32. The highest BCUT2D eigenvalue weighted by Gasteiger charge is 2.53. The second-order valence-electron chi connectivity index (χ2n) is 10.7. The lowest BCUT2D eigenvalue weighted by molar-refractivity contribution is -0.305. The minimum Gasteiger partial charge on any atom is -0.463 e. The van der Waals surface area contributed by atoms with Crippen molar-refractivity contribution in [1.29, 1.82) is 0 Å². The quantitative estimate of drug-likeness (QED) is 0.108. The number of hydrogen-bond acceptors (Lipinski definition) is 19. The van der Waals surface area contributed by atoms with E-state index in [0.29, 0.717) is 0 Å². The maximum Gasteiger partial charge on any atom is 0.303 e. The lowest BCUT2D eigenvalue weighted by Gasteiger charge is -2.43. The third-order valence-corrected chi connectivity index (χ3v) is 7.00. The highest BCUT2D eigenvalue weighted by atomic mass is 79.9. The van der Waals surface area contributed by atoms with Crippen LogP contribution in [0.25, 0.3) is 0 Å². The minimum absolute atomic E-state index is 0.0355. The molecule has 0 aromatic carbocycles. The van der Waals surface area contributed by atoms with Crippen LogP contribution in [-0.2, 0) is 90.5 Å². The van der Waals surface area contributed by atoms with Crippen LogP contribution in [0.4, 0.5) is 0 Å². The fourth-order valence-corrected chi connectivity index (χ4v) is 5.35. The average molecular weight is 800 g/mol. The van der Waals surface area contributed by atoms with Gasteiger partial charge in [0.2, 0.25) is 0 Å². The molecule has 2 rings (SSSR count). The molecule has 2 heterocycles. The van der Waals surface area contributed by atoms with Gasteiger partial charge in [-0.15, -0.1) is 6.58 Å². The molecule has 10 unspecified atom stereocenters. The lowest BCUT2D eigenvalue weighted by Crippen LogP contribution is -2.62. The van der Waals surface area contributed by atoms with Crippen LogP contribution in [0.3, 0.4) is 0 Å². The van der Waals surface area contributed by atoms with E-state index in [4.69, 9.17) is 52.1 Å². The van der Waals surface area contributed by atoms with E-state index in [-0.39, 0.29) is 19.8 Å². The SMILES string of the molecule is C=CCOC1OC(COC(C)=O)C(OC(C)=O)C(OC(C)=O)C1OC(C)=O.CC(=O)OCC1OC(Br)C(OC(C)=O)C(OC(C)=O)C1OC(C)=O. The van der Waals surface area contributed by atoms with Crippen LogP contribution in [-0.4, -0.2) is 128 Å². The first-order valence-corrected chi connectivity index (χ1v) is 16.2. The predicted octanol–water partition coefficient (Wildman–Crippen LogP) is 0.737. The summed E-state index contributed by atoms with van der Waals surface area (Å²) in [6.07, 6.45) is -8.64. The van der Waals surface area contributed by atoms with Crippen LogP contribution in [0.2, 0.25) is 0 Å². The molecule has 0 amide bonds. The number of ether oxygens (including phenoxy) is 11. The van der Waals surface area contributed by atoms with Crippen molar-refractivity contribution in [3.05, 3.63) is 12.7 Å². The summed E-state index contributed by atoms with van der Waals surface area (Å²) in [5.74, 6) is -5.19. The Morgan fingerprint density at radius 2 is 0.843 bits per heavy atom. The van der Waals surface area contributed by atoms with Crippen LogP contribution in [0, 0.1) is 0 Å². The molecule has 0 aromatic rings. The number of hydrogen-bond donors (Lipinski definition) is 0. The van der Waals surface area contributed by atoms with Gasteiger partial charge in [0.05, 0.1) is 6.61 Å². The largest absolute Gasteiger partial charge is 0.463 e. The predicted molar refractivity (Wildman–Crippen MR) is 169 cm³/mol. The second kappa shape index (κ2) is 21.9. The van der Waals surface area contributed by atoms with Gasteiger partial charge < -0.3 is 52.1 Å². The zero-order valence-electron chi connectivity index (χ0n) is 29.3. The summed E-state index contributed by atoms with van der Waals surface area (Å²) in [6, 6.07) is 0. The lowest BCUT2D eigenvalue weighted by atomic mass is 9.98. The molecule has 0 saturated carbocycles. The van der Waals surface area contributed by atoms with Crippen LogP contribution in [0.15, 0.2) is 12.7 Å². The van der Waals surface area contributed by atoms with Gasteiger partial charge in [0.15, 0.2) is 47.9 Å².